The van der Waals surface area contributed by atoms with Crippen molar-refractivity contribution in [1.29, 1.82) is 0 Å². The molecule has 0 saturated heterocycles. The molecule has 0 heterocycles. The van der Waals surface area contributed by atoms with Gasteiger partial charge >= 0.3 is 0 Å². The van der Waals surface area contributed by atoms with Gasteiger partial charge in [0.25, 0.3) is 0 Å². The van der Waals surface area contributed by atoms with Gasteiger partial charge in [-0.25, -0.2) is 0 Å². The van der Waals surface area contributed by atoms with Crippen LogP contribution in [0.4, 0.5) is 0 Å². The molecule has 1 saturated carbocycles. The molecule has 3 atom stereocenters. The first-order valence-corrected chi connectivity index (χ1v) is 6.72. The van der Waals surface area contributed by atoms with Gasteiger partial charge < -0.3 is 16.2 Å². The van der Waals surface area contributed by atoms with Crippen molar-refractivity contribution in [3.63, 3.8) is 0 Å². The summed E-state index contributed by atoms with van der Waals surface area (Å²) >= 11 is 0. The molecule has 0 aromatic heterocycles. The van der Waals surface area contributed by atoms with Crippen molar-refractivity contribution in [3.8, 4) is 0 Å². The van der Waals surface area contributed by atoms with Crippen molar-refractivity contribution >= 4 is 5.91 Å². The molecule has 0 aromatic rings. The molecule has 4 N–H and O–H groups in total. The van der Waals surface area contributed by atoms with E-state index in [4.69, 9.17) is 5.73 Å². The number of rotatable bonds is 5. The summed E-state index contributed by atoms with van der Waals surface area (Å²) in [5.41, 5.74) is 5.00. The van der Waals surface area contributed by atoms with Crippen LogP contribution in [0.25, 0.3) is 0 Å². The molecule has 0 spiro atoms. The fourth-order valence-electron chi connectivity index (χ4n) is 2.62. The average Bonchev–Trinajstić information content (AvgIpc) is 2.26. The zero-order valence-electron chi connectivity index (χ0n) is 11.0. The van der Waals surface area contributed by atoms with Gasteiger partial charge in [-0.05, 0) is 25.2 Å². The lowest BCUT2D eigenvalue weighted by molar-refractivity contribution is -0.124. The Morgan fingerprint density at radius 3 is 2.94 bits per heavy atom. The van der Waals surface area contributed by atoms with Crippen molar-refractivity contribution in [2.24, 2.45) is 11.7 Å². The van der Waals surface area contributed by atoms with Crippen LogP contribution in [0, 0.1) is 5.92 Å². The molecule has 1 aliphatic rings. The van der Waals surface area contributed by atoms with Crippen molar-refractivity contribution in [2.45, 2.75) is 64.0 Å². The SMILES string of the molecule is CCC[C@H](N)C(=O)NCC1(O)CCCC(C)C1. The maximum atomic E-state index is 11.7. The van der Waals surface area contributed by atoms with Crippen molar-refractivity contribution in [2.75, 3.05) is 6.54 Å². The first-order valence-electron chi connectivity index (χ1n) is 6.72. The van der Waals surface area contributed by atoms with E-state index in [-0.39, 0.29) is 5.91 Å². The van der Waals surface area contributed by atoms with Gasteiger partial charge in [0, 0.05) is 6.54 Å². The number of nitrogens with one attached hydrogen (secondary N) is 1. The molecule has 1 amide bonds. The van der Waals surface area contributed by atoms with E-state index in [2.05, 4.69) is 12.2 Å². The molecule has 1 fully saturated rings. The van der Waals surface area contributed by atoms with Crippen LogP contribution in [0.2, 0.25) is 0 Å². The smallest absolute Gasteiger partial charge is 0.237 e. The van der Waals surface area contributed by atoms with Crippen LogP contribution in [0.15, 0.2) is 0 Å². The van der Waals surface area contributed by atoms with E-state index in [1.165, 1.54) is 6.42 Å². The highest BCUT2D eigenvalue weighted by Crippen LogP contribution is 2.31. The number of nitrogens with two attached hydrogens (primary N) is 1. The molecule has 1 rings (SSSR count). The second-order valence-corrected chi connectivity index (χ2v) is 5.54. The highest BCUT2D eigenvalue weighted by atomic mass is 16.3. The fraction of sp³-hybridized carbons (Fsp3) is 0.923. The second-order valence-electron chi connectivity index (χ2n) is 5.54. The molecule has 2 unspecified atom stereocenters. The summed E-state index contributed by atoms with van der Waals surface area (Å²) in [6.45, 7) is 4.49. The van der Waals surface area contributed by atoms with Crippen LogP contribution < -0.4 is 11.1 Å². The molecule has 0 bridgehead atoms. The highest BCUT2D eigenvalue weighted by Gasteiger charge is 2.33. The molecule has 4 nitrogen and oxygen atoms in total. The van der Waals surface area contributed by atoms with Gasteiger partial charge in [0.1, 0.15) is 0 Å². The normalized spacial score (nSPS) is 30.9. The van der Waals surface area contributed by atoms with Crippen LogP contribution in [0.5, 0.6) is 0 Å². The number of carbonyl (C=O) groups is 1. The summed E-state index contributed by atoms with van der Waals surface area (Å²) < 4.78 is 0. The van der Waals surface area contributed by atoms with E-state index >= 15 is 0 Å². The number of amides is 1. The monoisotopic (exact) mass is 242 g/mol. The summed E-state index contributed by atoms with van der Waals surface area (Å²) in [5, 5.41) is 13.1. The third kappa shape index (κ3) is 4.64. The van der Waals surface area contributed by atoms with E-state index < -0.39 is 11.6 Å². The Kier molecular flexibility index (Phi) is 5.40. The van der Waals surface area contributed by atoms with E-state index in [0.29, 0.717) is 18.9 Å². The Hall–Kier alpha value is -0.610. The minimum atomic E-state index is -0.723. The molecule has 1 aliphatic carbocycles. The predicted octanol–water partition coefficient (Wildman–Crippen LogP) is 1.17. The van der Waals surface area contributed by atoms with Crippen LogP contribution in [-0.2, 0) is 4.79 Å². The van der Waals surface area contributed by atoms with Crippen molar-refractivity contribution in [1.82, 2.24) is 5.32 Å². The summed E-state index contributed by atoms with van der Waals surface area (Å²) in [5.74, 6) is 0.397. The van der Waals surface area contributed by atoms with E-state index in [1.54, 1.807) is 0 Å². The van der Waals surface area contributed by atoms with E-state index in [1.807, 2.05) is 6.92 Å². The predicted molar refractivity (Wildman–Crippen MR) is 68.5 cm³/mol. The zero-order valence-corrected chi connectivity index (χ0v) is 11.0. The first kappa shape index (κ1) is 14.5. The summed E-state index contributed by atoms with van der Waals surface area (Å²) in [7, 11) is 0. The molecular weight excluding hydrogens is 216 g/mol. The minimum absolute atomic E-state index is 0.140. The summed E-state index contributed by atoms with van der Waals surface area (Å²) in [4.78, 5) is 11.7. The van der Waals surface area contributed by atoms with Crippen LogP contribution in [0.1, 0.15) is 52.4 Å². The molecule has 0 aromatic carbocycles. The minimum Gasteiger partial charge on any atom is -0.388 e. The van der Waals surface area contributed by atoms with Gasteiger partial charge in [-0.15, -0.1) is 0 Å². The summed E-state index contributed by atoms with van der Waals surface area (Å²) in [6, 6.07) is -0.440. The number of hydrogen-bond acceptors (Lipinski definition) is 3. The Balaban J connectivity index is 2.36. The Morgan fingerprint density at radius 2 is 2.35 bits per heavy atom. The second kappa shape index (κ2) is 6.36. The first-order chi connectivity index (χ1) is 7.97. The quantitative estimate of drug-likeness (QED) is 0.677. The van der Waals surface area contributed by atoms with Crippen molar-refractivity contribution < 1.29 is 9.90 Å². The molecule has 4 heteroatoms. The highest BCUT2D eigenvalue weighted by molar-refractivity contribution is 5.81. The van der Waals surface area contributed by atoms with E-state index in [0.717, 1.165) is 25.7 Å². The van der Waals surface area contributed by atoms with Gasteiger partial charge in [-0.2, -0.15) is 0 Å². The molecule has 100 valence electrons. The summed E-state index contributed by atoms with van der Waals surface area (Å²) in [6.07, 6.45) is 5.35. The lowest BCUT2D eigenvalue weighted by Gasteiger charge is -2.35. The van der Waals surface area contributed by atoms with Crippen LogP contribution in [0.3, 0.4) is 0 Å². The maximum Gasteiger partial charge on any atom is 0.237 e. The standard InChI is InChI=1S/C13H26N2O2/c1-3-5-11(14)12(16)15-9-13(17)7-4-6-10(2)8-13/h10-11,17H,3-9,14H2,1-2H3,(H,15,16)/t10?,11-,13?/m0/s1. The molecule has 0 radical (unpaired) electrons. The molecule has 17 heavy (non-hydrogen) atoms. The van der Waals surface area contributed by atoms with Gasteiger partial charge in [0.2, 0.25) is 5.91 Å². The Labute approximate surface area is 104 Å². The molecular formula is C13H26N2O2. The van der Waals surface area contributed by atoms with Gasteiger partial charge in [0.05, 0.1) is 11.6 Å². The van der Waals surface area contributed by atoms with E-state index in [9.17, 15) is 9.90 Å². The maximum absolute atomic E-state index is 11.7. The third-order valence-corrected chi connectivity index (χ3v) is 3.60. The van der Waals surface area contributed by atoms with Crippen LogP contribution in [-0.4, -0.2) is 29.2 Å². The van der Waals surface area contributed by atoms with Crippen LogP contribution >= 0.6 is 0 Å². The van der Waals surface area contributed by atoms with Gasteiger partial charge in [0.15, 0.2) is 0 Å². The van der Waals surface area contributed by atoms with Gasteiger partial charge in [-0.3, -0.25) is 4.79 Å². The number of carbonyl (C=O) groups excluding carboxylic acids is 1. The fourth-order valence-corrected chi connectivity index (χ4v) is 2.62. The number of aliphatic hydroxyl groups is 1. The third-order valence-electron chi connectivity index (χ3n) is 3.60. The van der Waals surface area contributed by atoms with Crippen molar-refractivity contribution in [3.05, 3.63) is 0 Å². The molecule has 0 aliphatic heterocycles. The average molecular weight is 242 g/mol. The number of hydrogen-bond donors (Lipinski definition) is 3. The Bertz CT molecular complexity index is 258. The lowest BCUT2D eigenvalue weighted by Crippen LogP contribution is -2.49. The largest absolute Gasteiger partial charge is 0.388 e. The topological polar surface area (TPSA) is 75.4 Å². The lowest BCUT2D eigenvalue weighted by atomic mass is 9.79. The zero-order chi connectivity index (χ0) is 12.9. The van der Waals surface area contributed by atoms with Gasteiger partial charge in [-0.1, -0.05) is 33.1 Å². The Morgan fingerprint density at radius 1 is 1.65 bits per heavy atom.